The first kappa shape index (κ1) is 34.7. The fourth-order valence-corrected chi connectivity index (χ4v) is 5.64. The van der Waals surface area contributed by atoms with Gasteiger partial charge in [-0.05, 0) is 41.7 Å². The quantitative estimate of drug-likeness (QED) is 0.192. The fourth-order valence-electron chi connectivity index (χ4n) is 5.64. The lowest BCUT2D eigenvalue weighted by atomic mass is 10.0. The molecule has 0 fully saturated rings. The van der Waals surface area contributed by atoms with Crippen molar-refractivity contribution in [3.63, 3.8) is 0 Å². The van der Waals surface area contributed by atoms with Crippen LogP contribution in [-0.4, -0.2) is 66.6 Å². The largest absolute Gasteiger partial charge is 0.497 e. The first-order valence-corrected chi connectivity index (χ1v) is 14.9. The molecule has 3 atom stereocenters. The van der Waals surface area contributed by atoms with E-state index in [0.29, 0.717) is 34.5 Å². The lowest BCUT2D eigenvalue weighted by Gasteiger charge is -2.28. The van der Waals surface area contributed by atoms with E-state index in [1.54, 1.807) is 42.5 Å². The summed E-state index contributed by atoms with van der Waals surface area (Å²) >= 11 is 0. The molecular weight excluding hydrogens is 658 g/mol. The van der Waals surface area contributed by atoms with Crippen molar-refractivity contribution in [2.45, 2.75) is 50.4 Å². The SMILES string of the molecule is COc1ccc(COC(=O)N[C@H]2CCc3cccc4c3N(C2=O)[C@H](C(=O)NC(CC(=O)O)C(=O)COc2c(F)c(F)cc(F)c2F)C4)cc1. The molecule has 258 valence electrons. The number of halogens is 4. The van der Waals surface area contributed by atoms with Crippen LogP contribution in [0.25, 0.3) is 0 Å². The highest BCUT2D eigenvalue weighted by Gasteiger charge is 2.45. The second-order valence-corrected chi connectivity index (χ2v) is 11.2. The van der Waals surface area contributed by atoms with Crippen LogP contribution in [0.2, 0.25) is 0 Å². The zero-order valence-electron chi connectivity index (χ0n) is 25.8. The summed E-state index contributed by atoms with van der Waals surface area (Å²) in [5.74, 6) is -12.7. The van der Waals surface area contributed by atoms with Gasteiger partial charge in [0.25, 0.3) is 0 Å². The van der Waals surface area contributed by atoms with Crippen molar-refractivity contribution in [3.8, 4) is 11.5 Å². The Morgan fingerprint density at radius 3 is 2.33 bits per heavy atom. The highest BCUT2D eigenvalue weighted by molar-refractivity contribution is 6.08. The maximum absolute atomic E-state index is 14.0. The molecule has 0 saturated carbocycles. The number of nitrogens with zero attached hydrogens (tertiary/aromatic N) is 1. The van der Waals surface area contributed by atoms with Crippen LogP contribution in [0.5, 0.6) is 11.5 Å². The van der Waals surface area contributed by atoms with Gasteiger partial charge < -0.3 is 30.0 Å². The van der Waals surface area contributed by atoms with Crippen LogP contribution in [0.15, 0.2) is 48.5 Å². The van der Waals surface area contributed by atoms with Crippen LogP contribution < -0.4 is 25.0 Å². The number of alkyl carbamates (subject to hydrolysis) is 1. The summed E-state index contributed by atoms with van der Waals surface area (Å²) in [6.07, 6.45) is -1.42. The number of ketones is 1. The molecule has 3 aromatic rings. The summed E-state index contributed by atoms with van der Waals surface area (Å²) in [6, 6.07) is 7.63. The first-order chi connectivity index (χ1) is 23.4. The van der Waals surface area contributed by atoms with Gasteiger partial charge >= 0.3 is 12.1 Å². The molecular formula is C33H29F4N3O9. The highest BCUT2D eigenvalue weighted by Crippen LogP contribution is 2.39. The van der Waals surface area contributed by atoms with E-state index in [0.717, 1.165) is 0 Å². The molecule has 12 nitrogen and oxygen atoms in total. The summed E-state index contributed by atoms with van der Waals surface area (Å²) in [5.41, 5.74) is 2.41. The predicted octanol–water partition coefficient (Wildman–Crippen LogP) is 3.36. The molecule has 0 bridgehead atoms. The van der Waals surface area contributed by atoms with E-state index < -0.39 is 89.8 Å². The first-order valence-electron chi connectivity index (χ1n) is 14.9. The third-order valence-electron chi connectivity index (χ3n) is 8.04. The van der Waals surface area contributed by atoms with E-state index in [9.17, 15) is 46.6 Å². The van der Waals surface area contributed by atoms with Gasteiger partial charge in [-0.2, -0.15) is 8.78 Å². The number of aliphatic carboxylic acids is 1. The molecule has 3 amide bonds. The monoisotopic (exact) mass is 687 g/mol. The minimum Gasteiger partial charge on any atom is -0.497 e. The molecule has 2 aliphatic rings. The topological polar surface area (TPSA) is 161 Å². The number of ether oxygens (including phenoxy) is 3. The molecule has 3 N–H and O–H groups in total. The van der Waals surface area contributed by atoms with Crippen molar-refractivity contribution >= 4 is 35.3 Å². The van der Waals surface area contributed by atoms with Crippen molar-refractivity contribution in [2.24, 2.45) is 0 Å². The summed E-state index contributed by atoms with van der Waals surface area (Å²) in [6.45, 7) is -1.37. The smallest absolute Gasteiger partial charge is 0.408 e. The molecule has 0 aromatic heterocycles. The average molecular weight is 688 g/mol. The van der Waals surface area contributed by atoms with Gasteiger partial charge in [-0.3, -0.25) is 24.1 Å². The summed E-state index contributed by atoms with van der Waals surface area (Å²) < 4.78 is 70.3. The Hall–Kier alpha value is -5.67. The number of Topliss-reactive ketones (excluding diaryl/α,β-unsaturated/α-hetero) is 1. The van der Waals surface area contributed by atoms with E-state index in [2.05, 4.69) is 15.4 Å². The molecule has 0 saturated heterocycles. The number of para-hydroxylation sites is 1. The van der Waals surface area contributed by atoms with Crippen LogP contribution in [0.3, 0.4) is 0 Å². The van der Waals surface area contributed by atoms with E-state index in [1.165, 1.54) is 12.0 Å². The fraction of sp³-hybridized carbons (Fsp3) is 0.303. The number of hydrogen-bond acceptors (Lipinski definition) is 8. The molecule has 0 radical (unpaired) electrons. The number of hydrogen-bond donors (Lipinski definition) is 3. The third-order valence-corrected chi connectivity index (χ3v) is 8.04. The van der Waals surface area contributed by atoms with Crippen LogP contribution >= 0.6 is 0 Å². The predicted molar refractivity (Wildman–Crippen MR) is 161 cm³/mol. The van der Waals surface area contributed by atoms with Gasteiger partial charge in [0, 0.05) is 12.5 Å². The lowest BCUT2D eigenvalue weighted by molar-refractivity contribution is -0.140. The number of anilines is 1. The zero-order chi connectivity index (χ0) is 35.4. The molecule has 2 heterocycles. The van der Waals surface area contributed by atoms with E-state index in [1.807, 2.05) is 0 Å². The molecule has 0 spiro atoms. The van der Waals surface area contributed by atoms with E-state index >= 15 is 0 Å². The normalized spacial score (nSPS) is 17.0. The number of benzene rings is 3. The summed E-state index contributed by atoms with van der Waals surface area (Å²) in [5, 5.41) is 14.2. The second-order valence-electron chi connectivity index (χ2n) is 11.2. The number of carbonyl (C=O) groups excluding carboxylic acids is 4. The second kappa shape index (κ2) is 14.6. The Morgan fingerprint density at radius 2 is 1.67 bits per heavy atom. The highest BCUT2D eigenvalue weighted by atomic mass is 19.2. The number of carboxylic acid groups (broad SMARTS) is 1. The zero-order valence-corrected chi connectivity index (χ0v) is 25.8. The van der Waals surface area contributed by atoms with Gasteiger partial charge in [-0.1, -0.05) is 30.3 Å². The van der Waals surface area contributed by atoms with Crippen LogP contribution in [0.1, 0.15) is 29.5 Å². The number of aryl methyl sites for hydroxylation is 1. The van der Waals surface area contributed by atoms with Gasteiger partial charge in [-0.15, -0.1) is 0 Å². The molecule has 3 aromatic carbocycles. The average Bonchev–Trinajstić information content (AvgIpc) is 3.42. The van der Waals surface area contributed by atoms with Gasteiger partial charge in [0.1, 0.15) is 37.1 Å². The van der Waals surface area contributed by atoms with E-state index in [-0.39, 0.29) is 25.5 Å². The Kier molecular flexibility index (Phi) is 10.3. The van der Waals surface area contributed by atoms with Crippen LogP contribution in [-0.2, 0) is 43.4 Å². The number of amides is 3. The molecule has 0 aliphatic carbocycles. The van der Waals surface area contributed by atoms with Gasteiger partial charge in [-0.25, -0.2) is 13.6 Å². The molecule has 16 heteroatoms. The minimum absolute atomic E-state index is 0.0289. The van der Waals surface area contributed by atoms with Crippen molar-refractivity contribution in [1.82, 2.24) is 10.6 Å². The number of carbonyl (C=O) groups is 5. The van der Waals surface area contributed by atoms with Crippen LogP contribution in [0, 0.1) is 23.3 Å². The Bertz CT molecular complexity index is 1780. The maximum Gasteiger partial charge on any atom is 0.408 e. The van der Waals surface area contributed by atoms with E-state index in [4.69, 9.17) is 9.47 Å². The molecule has 1 unspecified atom stereocenters. The van der Waals surface area contributed by atoms with Crippen molar-refractivity contribution in [2.75, 3.05) is 18.6 Å². The number of rotatable bonds is 12. The van der Waals surface area contributed by atoms with Crippen LogP contribution in [0.4, 0.5) is 28.0 Å². The number of methoxy groups -OCH3 is 1. The van der Waals surface area contributed by atoms with Gasteiger partial charge in [0.15, 0.2) is 23.2 Å². The summed E-state index contributed by atoms with van der Waals surface area (Å²) in [7, 11) is 1.51. The van der Waals surface area contributed by atoms with Crippen molar-refractivity contribution < 1.29 is 60.9 Å². The molecule has 49 heavy (non-hydrogen) atoms. The Morgan fingerprint density at radius 1 is 1.00 bits per heavy atom. The number of nitrogens with one attached hydrogen (secondary N) is 2. The van der Waals surface area contributed by atoms with Gasteiger partial charge in [0.05, 0.1) is 19.2 Å². The molecule has 2 aliphatic heterocycles. The maximum atomic E-state index is 14.0. The molecule has 5 rings (SSSR count). The van der Waals surface area contributed by atoms with Crippen molar-refractivity contribution in [3.05, 3.63) is 88.5 Å². The van der Waals surface area contributed by atoms with Crippen molar-refractivity contribution in [1.29, 1.82) is 0 Å². The Labute approximate surface area is 275 Å². The minimum atomic E-state index is -1.92. The van der Waals surface area contributed by atoms with Gasteiger partial charge in [0.2, 0.25) is 23.4 Å². The lowest BCUT2D eigenvalue weighted by Crippen LogP contribution is -2.56. The third kappa shape index (κ3) is 7.58. The summed E-state index contributed by atoms with van der Waals surface area (Å²) in [4.78, 5) is 66.0. The Balaban J connectivity index is 1.30. The standard InChI is InChI=1S/C33H29F4N3O9/c1-47-19-8-5-16(6-9-19)14-49-33(46)39-22-10-7-17-3-2-4-18-11-24(40(29(17)18)32(22)45)31(44)38-23(13-26(42)43)25(41)15-48-30-27(36)20(34)12-21(35)28(30)37/h2-6,8-9,12,22-24H,7,10-11,13-15H2,1H3,(H,38,44)(H,39,46)(H,42,43)/t22-,23?,24-/m0/s1. The number of carboxylic acids is 1.